The number of nitrogens with zero attached hydrogens (tertiary/aromatic N) is 1. The largest absolute Gasteiger partial charge is 0.478 e. The SMILES string of the molecule is O=C(O)C1=CN2C(C=C1)C1C=CCCC1C1C=CCC12. The van der Waals surface area contributed by atoms with Crippen LogP contribution in [0.4, 0.5) is 0 Å². The zero-order valence-corrected chi connectivity index (χ0v) is 11.4. The summed E-state index contributed by atoms with van der Waals surface area (Å²) in [7, 11) is 0. The van der Waals surface area contributed by atoms with Crippen LogP contribution >= 0.6 is 0 Å². The number of allylic oxidation sites excluding steroid dienone is 1. The highest BCUT2D eigenvalue weighted by atomic mass is 16.4. The molecule has 3 nitrogen and oxygen atoms in total. The Morgan fingerprint density at radius 1 is 1.20 bits per heavy atom. The quantitative estimate of drug-likeness (QED) is 0.744. The third-order valence-corrected chi connectivity index (χ3v) is 5.32. The fourth-order valence-corrected chi connectivity index (χ4v) is 4.46. The average molecular weight is 269 g/mol. The Balaban J connectivity index is 1.75. The molecule has 0 radical (unpaired) electrons. The van der Waals surface area contributed by atoms with Gasteiger partial charge in [-0.05, 0) is 31.3 Å². The maximum atomic E-state index is 11.2. The lowest BCUT2D eigenvalue weighted by Gasteiger charge is -2.52. The van der Waals surface area contributed by atoms with E-state index in [1.54, 1.807) is 6.08 Å². The third kappa shape index (κ3) is 1.62. The third-order valence-electron chi connectivity index (χ3n) is 5.32. The fraction of sp³-hybridized carbons (Fsp3) is 0.471. The highest BCUT2D eigenvalue weighted by molar-refractivity contribution is 5.90. The van der Waals surface area contributed by atoms with E-state index in [-0.39, 0.29) is 0 Å². The first-order valence-corrected chi connectivity index (χ1v) is 7.50. The lowest BCUT2D eigenvalue weighted by Crippen LogP contribution is -2.55. The minimum atomic E-state index is -0.830. The summed E-state index contributed by atoms with van der Waals surface area (Å²) in [4.78, 5) is 13.5. The van der Waals surface area contributed by atoms with Crippen molar-refractivity contribution >= 4 is 5.97 Å². The van der Waals surface area contributed by atoms with Crippen LogP contribution < -0.4 is 0 Å². The van der Waals surface area contributed by atoms with Crippen molar-refractivity contribution in [2.75, 3.05) is 0 Å². The second kappa shape index (κ2) is 4.37. The van der Waals surface area contributed by atoms with Crippen LogP contribution in [0, 0.1) is 17.8 Å². The predicted octanol–water partition coefficient (Wildman–Crippen LogP) is 2.74. The highest BCUT2D eigenvalue weighted by Gasteiger charge is 2.47. The summed E-state index contributed by atoms with van der Waals surface area (Å²) >= 11 is 0. The molecule has 0 bridgehead atoms. The van der Waals surface area contributed by atoms with Crippen molar-refractivity contribution < 1.29 is 9.90 Å². The van der Waals surface area contributed by atoms with Crippen molar-refractivity contribution in [2.45, 2.75) is 31.3 Å². The molecule has 20 heavy (non-hydrogen) atoms. The Bertz CT molecular complexity index is 557. The van der Waals surface area contributed by atoms with Gasteiger partial charge in [-0.3, -0.25) is 0 Å². The number of carboxylic acids is 1. The maximum absolute atomic E-state index is 11.2. The number of piperidine rings is 1. The first-order valence-electron chi connectivity index (χ1n) is 7.50. The summed E-state index contributed by atoms with van der Waals surface area (Å²) in [5.74, 6) is 0.993. The van der Waals surface area contributed by atoms with Gasteiger partial charge in [0.1, 0.15) is 0 Å². The van der Waals surface area contributed by atoms with Gasteiger partial charge in [0.25, 0.3) is 0 Å². The molecule has 3 heteroatoms. The van der Waals surface area contributed by atoms with E-state index in [9.17, 15) is 9.90 Å². The van der Waals surface area contributed by atoms with Crippen molar-refractivity contribution in [1.29, 1.82) is 0 Å². The molecule has 4 aliphatic rings. The van der Waals surface area contributed by atoms with Gasteiger partial charge in [0.05, 0.1) is 11.6 Å². The topological polar surface area (TPSA) is 40.5 Å². The molecule has 1 fully saturated rings. The van der Waals surface area contributed by atoms with E-state index in [0.717, 1.165) is 12.3 Å². The van der Waals surface area contributed by atoms with Crippen LogP contribution in [0.2, 0.25) is 0 Å². The number of carbonyl (C=O) groups is 1. The van der Waals surface area contributed by atoms with Crippen LogP contribution in [0.3, 0.4) is 0 Å². The van der Waals surface area contributed by atoms with Crippen LogP contribution in [0.1, 0.15) is 19.3 Å². The smallest absolute Gasteiger partial charge is 0.337 e. The molecule has 0 amide bonds. The van der Waals surface area contributed by atoms with Crippen molar-refractivity contribution in [1.82, 2.24) is 4.90 Å². The number of rotatable bonds is 1. The van der Waals surface area contributed by atoms with Crippen molar-refractivity contribution in [2.24, 2.45) is 17.8 Å². The van der Waals surface area contributed by atoms with Crippen molar-refractivity contribution in [3.63, 3.8) is 0 Å². The molecule has 1 saturated heterocycles. The summed E-state index contributed by atoms with van der Waals surface area (Å²) in [5, 5.41) is 9.23. The molecule has 5 unspecified atom stereocenters. The van der Waals surface area contributed by atoms with Crippen LogP contribution in [-0.2, 0) is 4.79 Å². The normalized spacial score (nSPS) is 40.9. The lowest BCUT2D eigenvalue weighted by atomic mass is 9.66. The van der Waals surface area contributed by atoms with E-state index in [0.29, 0.717) is 29.5 Å². The number of aliphatic carboxylic acids is 1. The molecule has 4 rings (SSSR count). The van der Waals surface area contributed by atoms with Gasteiger partial charge in [-0.25, -0.2) is 4.79 Å². The van der Waals surface area contributed by atoms with E-state index < -0.39 is 5.97 Å². The van der Waals surface area contributed by atoms with E-state index >= 15 is 0 Å². The zero-order valence-electron chi connectivity index (χ0n) is 11.4. The highest BCUT2D eigenvalue weighted by Crippen LogP contribution is 2.48. The average Bonchev–Trinajstić information content (AvgIpc) is 2.96. The number of carboxylic acid groups (broad SMARTS) is 1. The monoisotopic (exact) mass is 269 g/mol. The zero-order chi connectivity index (χ0) is 13.7. The minimum absolute atomic E-state index is 0.334. The summed E-state index contributed by atoms with van der Waals surface area (Å²) in [6.45, 7) is 0. The van der Waals surface area contributed by atoms with E-state index in [1.165, 1.54) is 12.8 Å². The van der Waals surface area contributed by atoms with E-state index in [4.69, 9.17) is 0 Å². The molecular formula is C17H19NO2. The van der Waals surface area contributed by atoms with Gasteiger partial charge in [0.2, 0.25) is 0 Å². The summed E-state index contributed by atoms with van der Waals surface area (Å²) in [6, 6.07) is 0.785. The number of hydrogen-bond donors (Lipinski definition) is 1. The Labute approximate surface area is 119 Å². The molecule has 0 spiro atoms. The second-order valence-corrected chi connectivity index (χ2v) is 6.24. The first-order chi connectivity index (χ1) is 9.75. The van der Waals surface area contributed by atoms with Crippen molar-refractivity contribution in [3.8, 4) is 0 Å². The first kappa shape index (κ1) is 12.0. The van der Waals surface area contributed by atoms with Crippen LogP contribution in [0.15, 0.2) is 48.2 Å². The molecular weight excluding hydrogens is 250 g/mol. The second-order valence-electron chi connectivity index (χ2n) is 6.24. The Morgan fingerprint density at radius 2 is 2.05 bits per heavy atom. The van der Waals surface area contributed by atoms with E-state index in [1.807, 2.05) is 6.20 Å². The predicted molar refractivity (Wildman–Crippen MR) is 76.9 cm³/mol. The molecule has 0 saturated carbocycles. The van der Waals surface area contributed by atoms with Gasteiger partial charge in [-0.1, -0.05) is 30.4 Å². The molecule has 2 heterocycles. The van der Waals surface area contributed by atoms with Crippen LogP contribution in [-0.4, -0.2) is 28.1 Å². The van der Waals surface area contributed by atoms with E-state index in [2.05, 4.69) is 35.3 Å². The van der Waals surface area contributed by atoms with Gasteiger partial charge in [0.15, 0.2) is 0 Å². The molecule has 0 aromatic rings. The maximum Gasteiger partial charge on any atom is 0.337 e. The van der Waals surface area contributed by atoms with Crippen molar-refractivity contribution in [3.05, 3.63) is 48.2 Å². The fourth-order valence-electron chi connectivity index (χ4n) is 4.46. The molecule has 2 aliphatic carbocycles. The van der Waals surface area contributed by atoms with Gasteiger partial charge in [0, 0.05) is 24.1 Å². The molecule has 0 aromatic carbocycles. The van der Waals surface area contributed by atoms with Gasteiger partial charge < -0.3 is 10.0 Å². The van der Waals surface area contributed by atoms with Crippen LogP contribution in [0.25, 0.3) is 0 Å². The molecule has 2 aliphatic heterocycles. The molecule has 1 N–H and O–H groups in total. The molecule has 0 aromatic heterocycles. The molecule has 104 valence electrons. The Morgan fingerprint density at radius 3 is 2.90 bits per heavy atom. The summed E-state index contributed by atoms with van der Waals surface area (Å²) in [5.41, 5.74) is 0.408. The Kier molecular flexibility index (Phi) is 2.62. The van der Waals surface area contributed by atoms with Gasteiger partial charge in [-0.15, -0.1) is 0 Å². The minimum Gasteiger partial charge on any atom is -0.478 e. The molecule has 5 atom stereocenters. The van der Waals surface area contributed by atoms with Gasteiger partial charge >= 0.3 is 5.97 Å². The Hall–Kier alpha value is -1.77. The lowest BCUT2D eigenvalue weighted by molar-refractivity contribution is -0.132. The summed E-state index contributed by atoms with van der Waals surface area (Å²) in [6.07, 6.45) is 18.6. The number of hydrogen-bond acceptors (Lipinski definition) is 2. The standard InChI is InChI=1S/C17H19NO2/c19-17(20)11-8-9-16-13-5-2-1-4-12(13)14-6-3-7-15(14)18(16)10-11/h2-3,5-6,8-10,12-16H,1,4,7H2,(H,19,20). The number of fused-ring (bicyclic) bond motifs is 6. The van der Waals surface area contributed by atoms with Crippen LogP contribution in [0.5, 0.6) is 0 Å². The van der Waals surface area contributed by atoms with Gasteiger partial charge in [-0.2, -0.15) is 0 Å². The summed E-state index contributed by atoms with van der Waals surface area (Å²) < 4.78 is 0.